The number of benzene rings is 1. The number of hydrogen-bond donors (Lipinski definition) is 3. The Balaban J connectivity index is 2.12. The van der Waals surface area contributed by atoms with Crippen LogP contribution in [0.2, 0.25) is 0 Å². The standard InChI is InChI=1S/C14H20N2O2/c1-2-9(8-15)14(18)16-13-11-6-4-3-5-10(11)7-12(13)17/h3-6,9,12-13,17H,2,7-8,15H2,1H3,(H,16,18)/t9?,12-,13+/m1/s1. The maximum absolute atomic E-state index is 12.0. The lowest BCUT2D eigenvalue weighted by atomic mass is 10.0. The SMILES string of the molecule is CCC(CN)C(=O)N[C@H]1c2ccccc2C[C@H]1O. The summed E-state index contributed by atoms with van der Waals surface area (Å²) in [5.41, 5.74) is 7.69. The van der Waals surface area contributed by atoms with Gasteiger partial charge in [0.05, 0.1) is 12.1 Å². The molecule has 98 valence electrons. The molecule has 0 radical (unpaired) electrons. The smallest absolute Gasteiger partial charge is 0.224 e. The Hall–Kier alpha value is -1.39. The molecular formula is C14H20N2O2. The minimum Gasteiger partial charge on any atom is -0.390 e. The van der Waals surface area contributed by atoms with E-state index in [2.05, 4.69) is 5.32 Å². The van der Waals surface area contributed by atoms with Crippen LogP contribution in [0.5, 0.6) is 0 Å². The molecule has 3 atom stereocenters. The Morgan fingerprint density at radius 2 is 2.28 bits per heavy atom. The molecule has 18 heavy (non-hydrogen) atoms. The fourth-order valence-corrected chi connectivity index (χ4v) is 2.48. The summed E-state index contributed by atoms with van der Waals surface area (Å²) in [5, 5.41) is 13.0. The number of carbonyl (C=O) groups excluding carboxylic acids is 1. The van der Waals surface area contributed by atoms with Crippen molar-refractivity contribution in [3.8, 4) is 0 Å². The molecule has 2 rings (SSSR count). The summed E-state index contributed by atoms with van der Waals surface area (Å²) < 4.78 is 0. The Kier molecular flexibility index (Phi) is 3.99. The average Bonchev–Trinajstić information content (AvgIpc) is 2.68. The molecular weight excluding hydrogens is 228 g/mol. The first-order valence-corrected chi connectivity index (χ1v) is 6.43. The molecule has 0 aromatic heterocycles. The maximum Gasteiger partial charge on any atom is 0.224 e. The minimum absolute atomic E-state index is 0.0687. The van der Waals surface area contributed by atoms with Crippen molar-refractivity contribution in [1.29, 1.82) is 0 Å². The van der Waals surface area contributed by atoms with E-state index in [0.717, 1.165) is 11.1 Å². The van der Waals surface area contributed by atoms with Crippen LogP contribution < -0.4 is 11.1 Å². The second kappa shape index (κ2) is 5.50. The molecule has 1 aliphatic carbocycles. The molecule has 4 nitrogen and oxygen atoms in total. The number of hydrogen-bond acceptors (Lipinski definition) is 3. The molecule has 1 aromatic rings. The zero-order valence-electron chi connectivity index (χ0n) is 10.6. The fraction of sp³-hybridized carbons (Fsp3) is 0.500. The molecule has 0 fully saturated rings. The number of nitrogens with one attached hydrogen (secondary N) is 1. The molecule has 0 aliphatic heterocycles. The largest absolute Gasteiger partial charge is 0.390 e. The molecule has 0 spiro atoms. The van der Waals surface area contributed by atoms with Gasteiger partial charge in [-0.05, 0) is 17.5 Å². The number of rotatable bonds is 4. The van der Waals surface area contributed by atoms with Crippen molar-refractivity contribution in [2.24, 2.45) is 11.7 Å². The minimum atomic E-state index is -0.540. The third-order valence-corrected chi connectivity index (χ3v) is 3.65. The number of nitrogens with two attached hydrogens (primary N) is 1. The Morgan fingerprint density at radius 1 is 1.56 bits per heavy atom. The van der Waals surface area contributed by atoms with Crippen molar-refractivity contribution in [3.05, 3.63) is 35.4 Å². The van der Waals surface area contributed by atoms with E-state index in [1.165, 1.54) is 0 Å². The lowest BCUT2D eigenvalue weighted by Gasteiger charge is -2.21. The molecule has 0 saturated heterocycles. The molecule has 1 unspecified atom stereocenters. The molecule has 4 heteroatoms. The quantitative estimate of drug-likeness (QED) is 0.736. The highest BCUT2D eigenvalue weighted by atomic mass is 16.3. The molecule has 0 bridgehead atoms. The van der Waals surface area contributed by atoms with Gasteiger partial charge in [0.15, 0.2) is 0 Å². The van der Waals surface area contributed by atoms with Crippen molar-refractivity contribution >= 4 is 5.91 Å². The van der Waals surface area contributed by atoms with Crippen LogP contribution in [0.15, 0.2) is 24.3 Å². The third-order valence-electron chi connectivity index (χ3n) is 3.65. The zero-order valence-corrected chi connectivity index (χ0v) is 10.6. The first-order valence-electron chi connectivity index (χ1n) is 6.43. The van der Waals surface area contributed by atoms with Gasteiger partial charge in [-0.3, -0.25) is 4.79 Å². The normalized spacial score (nSPS) is 23.5. The average molecular weight is 248 g/mol. The fourth-order valence-electron chi connectivity index (χ4n) is 2.48. The van der Waals surface area contributed by atoms with Gasteiger partial charge in [0.2, 0.25) is 5.91 Å². The van der Waals surface area contributed by atoms with Gasteiger partial charge in [0, 0.05) is 18.9 Å². The van der Waals surface area contributed by atoms with Gasteiger partial charge in [-0.15, -0.1) is 0 Å². The number of amides is 1. The summed E-state index contributed by atoms with van der Waals surface area (Å²) in [4.78, 5) is 12.0. The van der Waals surface area contributed by atoms with Crippen LogP contribution in [0.4, 0.5) is 0 Å². The van der Waals surface area contributed by atoms with Crippen LogP contribution in [0.1, 0.15) is 30.5 Å². The van der Waals surface area contributed by atoms with Crippen LogP contribution in [0.3, 0.4) is 0 Å². The monoisotopic (exact) mass is 248 g/mol. The maximum atomic E-state index is 12.0. The molecule has 4 N–H and O–H groups in total. The molecule has 0 saturated carbocycles. The predicted molar refractivity (Wildman–Crippen MR) is 69.9 cm³/mol. The predicted octanol–water partition coefficient (Wildman–Crippen LogP) is 0.746. The Morgan fingerprint density at radius 3 is 2.94 bits per heavy atom. The Labute approximate surface area is 107 Å². The highest BCUT2D eigenvalue weighted by Crippen LogP contribution is 2.31. The van der Waals surface area contributed by atoms with Crippen molar-refractivity contribution in [3.63, 3.8) is 0 Å². The van der Waals surface area contributed by atoms with Crippen molar-refractivity contribution < 1.29 is 9.90 Å². The van der Waals surface area contributed by atoms with E-state index in [-0.39, 0.29) is 17.9 Å². The highest BCUT2D eigenvalue weighted by Gasteiger charge is 2.32. The highest BCUT2D eigenvalue weighted by molar-refractivity contribution is 5.79. The van der Waals surface area contributed by atoms with Crippen molar-refractivity contribution in [2.75, 3.05) is 6.54 Å². The van der Waals surface area contributed by atoms with Crippen LogP contribution in [-0.4, -0.2) is 23.7 Å². The van der Waals surface area contributed by atoms with Gasteiger partial charge in [-0.2, -0.15) is 0 Å². The summed E-state index contributed by atoms with van der Waals surface area (Å²) >= 11 is 0. The van der Waals surface area contributed by atoms with E-state index in [0.29, 0.717) is 19.4 Å². The van der Waals surface area contributed by atoms with E-state index >= 15 is 0 Å². The number of fused-ring (bicyclic) bond motifs is 1. The lowest BCUT2D eigenvalue weighted by molar-refractivity contribution is -0.126. The summed E-state index contributed by atoms with van der Waals surface area (Å²) in [6, 6.07) is 7.53. The summed E-state index contributed by atoms with van der Waals surface area (Å²) in [6.45, 7) is 2.28. The van der Waals surface area contributed by atoms with Crippen LogP contribution in [-0.2, 0) is 11.2 Å². The summed E-state index contributed by atoms with van der Waals surface area (Å²) in [7, 11) is 0. The van der Waals surface area contributed by atoms with Crippen molar-refractivity contribution in [1.82, 2.24) is 5.32 Å². The number of carbonyl (C=O) groups is 1. The van der Waals surface area contributed by atoms with E-state index in [4.69, 9.17) is 5.73 Å². The van der Waals surface area contributed by atoms with E-state index < -0.39 is 6.10 Å². The van der Waals surface area contributed by atoms with Crippen LogP contribution >= 0.6 is 0 Å². The summed E-state index contributed by atoms with van der Waals surface area (Å²) in [6.07, 6.45) is 0.773. The topological polar surface area (TPSA) is 75.4 Å². The second-order valence-corrected chi connectivity index (χ2v) is 4.80. The van der Waals surface area contributed by atoms with E-state index in [1.54, 1.807) is 0 Å². The zero-order chi connectivity index (χ0) is 13.1. The first-order chi connectivity index (χ1) is 8.67. The van der Waals surface area contributed by atoms with Crippen LogP contribution in [0.25, 0.3) is 0 Å². The third kappa shape index (κ3) is 2.40. The van der Waals surface area contributed by atoms with Gasteiger partial charge >= 0.3 is 0 Å². The van der Waals surface area contributed by atoms with Gasteiger partial charge < -0.3 is 16.2 Å². The molecule has 1 amide bonds. The number of aliphatic hydroxyl groups is 1. The van der Waals surface area contributed by atoms with Gasteiger partial charge in [0.1, 0.15) is 0 Å². The van der Waals surface area contributed by atoms with Crippen LogP contribution in [0, 0.1) is 5.92 Å². The van der Waals surface area contributed by atoms with E-state index in [1.807, 2.05) is 31.2 Å². The Bertz CT molecular complexity index is 430. The summed E-state index contributed by atoms with van der Waals surface area (Å²) in [5.74, 6) is -0.245. The van der Waals surface area contributed by atoms with E-state index in [9.17, 15) is 9.90 Å². The van der Waals surface area contributed by atoms with Gasteiger partial charge in [-0.1, -0.05) is 31.2 Å². The van der Waals surface area contributed by atoms with Crippen molar-refractivity contribution in [2.45, 2.75) is 31.9 Å². The molecule has 1 aromatic carbocycles. The lowest BCUT2D eigenvalue weighted by Crippen LogP contribution is -2.40. The first kappa shape index (κ1) is 13.1. The molecule has 0 heterocycles. The van der Waals surface area contributed by atoms with Gasteiger partial charge in [0.25, 0.3) is 0 Å². The number of aliphatic hydroxyl groups excluding tert-OH is 1. The second-order valence-electron chi connectivity index (χ2n) is 4.80. The van der Waals surface area contributed by atoms with Gasteiger partial charge in [-0.25, -0.2) is 0 Å². The molecule has 1 aliphatic rings.